The Kier molecular flexibility index (Phi) is 3.40. The fourth-order valence-corrected chi connectivity index (χ4v) is 1.52. The van der Waals surface area contributed by atoms with E-state index in [0.29, 0.717) is 11.6 Å². The van der Waals surface area contributed by atoms with Crippen LogP contribution in [-0.4, -0.2) is 6.08 Å². The summed E-state index contributed by atoms with van der Waals surface area (Å²) in [5.41, 5.74) is 1.76. The summed E-state index contributed by atoms with van der Waals surface area (Å²) in [6.07, 6.45) is 1.56. The second kappa shape index (κ2) is 4.35. The summed E-state index contributed by atoms with van der Waals surface area (Å²) in [6.45, 7) is 4.12. The van der Waals surface area contributed by atoms with Crippen molar-refractivity contribution in [3.8, 4) is 0 Å². The maximum atomic E-state index is 10.1. The fourth-order valence-electron chi connectivity index (χ4n) is 1.14. The molecule has 0 spiro atoms. The molecule has 0 heterocycles. The molecule has 0 saturated heterocycles. The largest absolute Gasteiger partial charge is 0.240 e. The molecule has 1 rings (SSSR count). The molecule has 0 amide bonds. The molecule has 0 aromatic heterocycles. The third-order valence-electron chi connectivity index (χ3n) is 1.78. The van der Waals surface area contributed by atoms with E-state index in [0.717, 1.165) is 10.0 Å². The van der Waals surface area contributed by atoms with Gasteiger partial charge in [-0.05, 0) is 29.7 Å². The number of isocyanates is 1. The molecule has 0 aliphatic rings. The maximum absolute atomic E-state index is 10.1. The summed E-state index contributed by atoms with van der Waals surface area (Å²) >= 11 is 3.38. The summed E-state index contributed by atoms with van der Waals surface area (Å²) in [5.74, 6) is 0.351. The van der Waals surface area contributed by atoms with Gasteiger partial charge in [0, 0.05) is 4.47 Å². The average molecular weight is 240 g/mol. The number of aliphatic imine (C=N–C) groups is 1. The number of nitrogens with zero attached hydrogens (tertiary/aromatic N) is 1. The third-order valence-corrected chi connectivity index (χ3v) is 2.27. The minimum atomic E-state index is 0.351. The van der Waals surface area contributed by atoms with Crippen LogP contribution >= 0.6 is 15.9 Å². The van der Waals surface area contributed by atoms with Crippen LogP contribution in [0.4, 0.5) is 5.69 Å². The first-order chi connectivity index (χ1) is 6.15. The summed E-state index contributed by atoms with van der Waals surface area (Å²) < 4.78 is 1.00. The molecule has 0 saturated carbocycles. The van der Waals surface area contributed by atoms with E-state index >= 15 is 0 Å². The fraction of sp³-hybridized carbons (Fsp3) is 0.300. The highest BCUT2D eigenvalue weighted by Gasteiger charge is 2.05. The summed E-state index contributed by atoms with van der Waals surface area (Å²) in [4.78, 5) is 13.8. The zero-order valence-electron chi connectivity index (χ0n) is 7.54. The first kappa shape index (κ1) is 10.2. The molecule has 0 atom stereocenters. The van der Waals surface area contributed by atoms with Crippen molar-refractivity contribution < 1.29 is 4.79 Å². The molecule has 1 aromatic rings. The van der Waals surface area contributed by atoms with Crippen LogP contribution in [0.3, 0.4) is 0 Å². The van der Waals surface area contributed by atoms with E-state index in [9.17, 15) is 4.79 Å². The zero-order valence-corrected chi connectivity index (χ0v) is 9.13. The van der Waals surface area contributed by atoms with E-state index < -0.39 is 0 Å². The topological polar surface area (TPSA) is 29.4 Å². The van der Waals surface area contributed by atoms with Crippen molar-refractivity contribution in [1.29, 1.82) is 0 Å². The van der Waals surface area contributed by atoms with Crippen molar-refractivity contribution >= 4 is 27.7 Å². The monoisotopic (exact) mass is 239 g/mol. The lowest BCUT2D eigenvalue weighted by molar-refractivity contribution is 0.565. The average Bonchev–Trinajstić information content (AvgIpc) is 2.08. The normalized spacial score (nSPS) is 9.85. The van der Waals surface area contributed by atoms with Gasteiger partial charge in [0.05, 0.1) is 5.69 Å². The molecule has 2 nitrogen and oxygen atoms in total. The molecular weight excluding hydrogens is 230 g/mol. The number of hydrogen-bond acceptors (Lipinski definition) is 2. The molecule has 13 heavy (non-hydrogen) atoms. The van der Waals surface area contributed by atoms with Crippen LogP contribution in [0.1, 0.15) is 25.3 Å². The van der Waals surface area contributed by atoms with Crippen molar-refractivity contribution in [3.63, 3.8) is 0 Å². The highest BCUT2D eigenvalue weighted by Crippen LogP contribution is 2.29. The molecule has 0 aliphatic heterocycles. The number of benzene rings is 1. The lowest BCUT2D eigenvalue weighted by Crippen LogP contribution is -1.87. The second-order valence-corrected chi connectivity index (χ2v) is 3.98. The van der Waals surface area contributed by atoms with Gasteiger partial charge in [0.25, 0.3) is 0 Å². The van der Waals surface area contributed by atoms with E-state index in [4.69, 9.17) is 0 Å². The van der Waals surface area contributed by atoms with Gasteiger partial charge in [-0.15, -0.1) is 0 Å². The first-order valence-electron chi connectivity index (χ1n) is 4.02. The predicted molar refractivity (Wildman–Crippen MR) is 56.0 cm³/mol. The molecule has 0 radical (unpaired) electrons. The van der Waals surface area contributed by atoms with Crippen LogP contribution in [0.5, 0.6) is 0 Å². The standard InChI is InChI=1S/C10H10BrNO/c1-7(2)9-5-8(11)3-4-10(9)12-6-13/h3-5,7H,1-2H3. The van der Waals surface area contributed by atoms with Crippen LogP contribution in [0.2, 0.25) is 0 Å². The molecule has 0 fully saturated rings. The smallest absolute Gasteiger partial charge is 0.211 e. The van der Waals surface area contributed by atoms with Gasteiger partial charge in [0.15, 0.2) is 0 Å². The van der Waals surface area contributed by atoms with Crippen molar-refractivity contribution in [2.75, 3.05) is 0 Å². The van der Waals surface area contributed by atoms with Crippen LogP contribution in [0.15, 0.2) is 27.7 Å². The van der Waals surface area contributed by atoms with Gasteiger partial charge in [-0.25, -0.2) is 4.79 Å². The Morgan fingerprint density at radius 1 is 1.46 bits per heavy atom. The Hall–Kier alpha value is -0.920. The van der Waals surface area contributed by atoms with E-state index in [1.807, 2.05) is 18.2 Å². The van der Waals surface area contributed by atoms with E-state index in [-0.39, 0.29) is 0 Å². The van der Waals surface area contributed by atoms with Crippen LogP contribution in [0.25, 0.3) is 0 Å². The Morgan fingerprint density at radius 2 is 2.15 bits per heavy atom. The number of rotatable bonds is 2. The van der Waals surface area contributed by atoms with Crippen LogP contribution < -0.4 is 0 Å². The van der Waals surface area contributed by atoms with Gasteiger partial charge in [0.1, 0.15) is 0 Å². The molecular formula is C10H10BrNO. The van der Waals surface area contributed by atoms with Gasteiger partial charge in [-0.3, -0.25) is 0 Å². The minimum absolute atomic E-state index is 0.351. The SMILES string of the molecule is CC(C)c1cc(Br)ccc1N=C=O. The quantitative estimate of drug-likeness (QED) is 0.574. The van der Waals surface area contributed by atoms with Gasteiger partial charge < -0.3 is 0 Å². The van der Waals surface area contributed by atoms with Gasteiger partial charge in [0.2, 0.25) is 6.08 Å². The van der Waals surface area contributed by atoms with Crippen molar-refractivity contribution in [1.82, 2.24) is 0 Å². The number of carbonyl (C=O) groups excluding carboxylic acids is 1. The summed E-state index contributed by atoms with van der Waals surface area (Å²) in [6, 6.07) is 5.65. The Morgan fingerprint density at radius 3 is 2.69 bits per heavy atom. The molecule has 0 bridgehead atoms. The molecule has 3 heteroatoms. The molecule has 0 N–H and O–H groups in total. The zero-order chi connectivity index (χ0) is 9.84. The second-order valence-electron chi connectivity index (χ2n) is 3.06. The van der Waals surface area contributed by atoms with E-state index in [2.05, 4.69) is 34.8 Å². The summed E-state index contributed by atoms with van der Waals surface area (Å²) in [5, 5.41) is 0. The molecule has 68 valence electrons. The van der Waals surface area contributed by atoms with E-state index in [1.165, 1.54) is 0 Å². The van der Waals surface area contributed by atoms with Crippen LogP contribution in [-0.2, 0) is 4.79 Å². The van der Waals surface area contributed by atoms with Crippen molar-refractivity contribution in [3.05, 3.63) is 28.2 Å². The lowest BCUT2D eigenvalue weighted by atomic mass is 10.0. The molecule has 0 unspecified atom stereocenters. The Bertz CT molecular complexity index is 354. The van der Waals surface area contributed by atoms with Crippen molar-refractivity contribution in [2.45, 2.75) is 19.8 Å². The summed E-state index contributed by atoms with van der Waals surface area (Å²) in [7, 11) is 0. The minimum Gasteiger partial charge on any atom is -0.211 e. The van der Waals surface area contributed by atoms with Gasteiger partial charge in [-0.1, -0.05) is 29.8 Å². The van der Waals surface area contributed by atoms with E-state index in [1.54, 1.807) is 6.08 Å². The Labute approximate surface area is 85.8 Å². The predicted octanol–water partition coefficient (Wildman–Crippen LogP) is 3.54. The van der Waals surface area contributed by atoms with Gasteiger partial charge in [-0.2, -0.15) is 4.99 Å². The third kappa shape index (κ3) is 2.51. The van der Waals surface area contributed by atoms with Crippen molar-refractivity contribution in [2.24, 2.45) is 4.99 Å². The van der Waals surface area contributed by atoms with Gasteiger partial charge >= 0.3 is 0 Å². The van der Waals surface area contributed by atoms with Crippen LogP contribution in [0, 0.1) is 0 Å². The lowest BCUT2D eigenvalue weighted by Gasteiger charge is -2.08. The maximum Gasteiger partial charge on any atom is 0.240 e. The number of halogens is 1. The highest BCUT2D eigenvalue weighted by atomic mass is 79.9. The number of hydrogen-bond donors (Lipinski definition) is 0. The highest BCUT2D eigenvalue weighted by molar-refractivity contribution is 9.10. The molecule has 1 aromatic carbocycles. The first-order valence-corrected chi connectivity index (χ1v) is 4.81. The molecule has 0 aliphatic carbocycles. The Balaban J connectivity index is 3.26.